The molecule has 0 radical (unpaired) electrons. The van der Waals surface area contributed by atoms with E-state index in [4.69, 9.17) is 4.74 Å². The van der Waals surface area contributed by atoms with Crippen molar-refractivity contribution >= 4 is 5.91 Å². The van der Waals surface area contributed by atoms with E-state index in [9.17, 15) is 4.79 Å². The fourth-order valence-corrected chi connectivity index (χ4v) is 1.37. The number of benzene rings is 1. The van der Waals surface area contributed by atoms with Crippen LogP contribution in [0.3, 0.4) is 0 Å². The van der Waals surface area contributed by atoms with Gasteiger partial charge in [0, 0.05) is 11.8 Å². The lowest BCUT2D eigenvalue weighted by atomic mass is 10.2. The van der Waals surface area contributed by atoms with Crippen molar-refractivity contribution in [3.8, 4) is 11.5 Å². The molecule has 1 aromatic heterocycles. The highest BCUT2D eigenvalue weighted by Crippen LogP contribution is 2.20. The number of carbonyl (C=O) groups excluding carboxylic acids is 1. The minimum atomic E-state index is -0.301. The van der Waals surface area contributed by atoms with Crippen molar-refractivity contribution in [3.63, 3.8) is 0 Å². The minimum Gasteiger partial charge on any atom is -0.456 e. The molecule has 1 amide bonds. The number of pyridine rings is 1. The Bertz CT molecular complexity index is 512. The van der Waals surface area contributed by atoms with E-state index in [0.29, 0.717) is 17.1 Å². The molecule has 92 valence electrons. The fourth-order valence-electron chi connectivity index (χ4n) is 1.37. The van der Waals surface area contributed by atoms with E-state index >= 15 is 0 Å². The van der Waals surface area contributed by atoms with Crippen LogP contribution in [0.2, 0.25) is 0 Å². The third-order valence-electron chi connectivity index (χ3n) is 2.18. The molecule has 1 aromatic carbocycles. The molecule has 0 spiro atoms. The van der Waals surface area contributed by atoms with Gasteiger partial charge in [-0.3, -0.25) is 14.6 Å². The second-order valence-electron chi connectivity index (χ2n) is 3.45. The number of aromatic nitrogens is 1. The van der Waals surface area contributed by atoms with Crippen LogP contribution >= 0.6 is 0 Å². The fraction of sp³-hybridized carbons (Fsp3) is 0.0769. The molecule has 0 fully saturated rings. The summed E-state index contributed by atoms with van der Waals surface area (Å²) in [6.07, 6.45) is 3.29. The monoisotopic (exact) mass is 244 g/mol. The van der Waals surface area contributed by atoms with Crippen molar-refractivity contribution in [1.29, 1.82) is 0 Å². The van der Waals surface area contributed by atoms with Gasteiger partial charge in [-0.2, -0.15) is 0 Å². The predicted octanol–water partition coefficient (Wildman–Crippen LogP) is 2.17. The molecular weight excluding hydrogens is 232 g/mol. The number of nitrogens with zero attached hydrogens (tertiary/aromatic N) is 1. The third kappa shape index (κ3) is 3.05. The Morgan fingerprint density at radius 1 is 1.17 bits per heavy atom. The molecule has 0 bridgehead atoms. The highest BCUT2D eigenvalue weighted by Gasteiger charge is 2.04. The largest absolute Gasteiger partial charge is 0.456 e. The van der Waals surface area contributed by atoms with E-state index in [1.54, 1.807) is 48.8 Å². The van der Waals surface area contributed by atoms with Crippen LogP contribution in [0.15, 0.2) is 48.8 Å². The zero-order chi connectivity index (χ0) is 12.8. The molecule has 0 unspecified atom stereocenters. The van der Waals surface area contributed by atoms with Crippen LogP contribution in [0.1, 0.15) is 10.4 Å². The second kappa shape index (κ2) is 5.79. The first-order valence-corrected chi connectivity index (χ1v) is 5.31. The van der Waals surface area contributed by atoms with Crippen molar-refractivity contribution < 1.29 is 14.4 Å². The van der Waals surface area contributed by atoms with E-state index in [0.717, 1.165) is 0 Å². The van der Waals surface area contributed by atoms with Crippen LogP contribution in [0, 0.1) is 0 Å². The van der Waals surface area contributed by atoms with Crippen LogP contribution in [0.4, 0.5) is 0 Å². The standard InChI is InChI=1S/C13H12N2O3/c1-17-15-13(16)10-4-6-11(7-5-10)18-12-3-2-8-14-9-12/h2-9H,1H3,(H,15,16). The van der Waals surface area contributed by atoms with Gasteiger partial charge < -0.3 is 4.74 Å². The lowest BCUT2D eigenvalue weighted by molar-refractivity contribution is 0.0537. The van der Waals surface area contributed by atoms with Gasteiger partial charge in [0.05, 0.1) is 13.3 Å². The van der Waals surface area contributed by atoms with Crippen molar-refractivity contribution in [2.45, 2.75) is 0 Å². The molecule has 1 N–H and O–H groups in total. The summed E-state index contributed by atoms with van der Waals surface area (Å²) in [6.45, 7) is 0. The summed E-state index contributed by atoms with van der Waals surface area (Å²) in [5.41, 5.74) is 2.74. The zero-order valence-electron chi connectivity index (χ0n) is 9.79. The molecule has 0 atom stereocenters. The number of rotatable bonds is 4. The Kier molecular flexibility index (Phi) is 3.88. The van der Waals surface area contributed by atoms with E-state index in [-0.39, 0.29) is 5.91 Å². The molecule has 0 saturated carbocycles. The Hall–Kier alpha value is -2.40. The highest BCUT2D eigenvalue weighted by atomic mass is 16.6. The number of ether oxygens (including phenoxy) is 1. The normalized spacial score (nSPS) is 9.83. The SMILES string of the molecule is CONC(=O)c1ccc(Oc2cccnc2)cc1. The van der Waals surface area contributed by atoms with Crippen molar-refractivity contribution in [2.24, 2.45) is 0 Å². The van der Waals surface area contributed by atoms with Gasteiger partial charge in [0.15, 0.2) is 0 Å². The molecule has 2 rings (SSSR count). The smallest absolute Gasteiger partial charge is 0.274 e. The van der Waals surface area contributed by atoms with Crippen LogP contribution in [0.5, 0.6) is 11.5 Å². The lowest BCUT2D eigenvalue weighted by Crippen LogP contribution is -2.21. The van der Waals surface area contributed by atoms with Gasteiger partial charge in [0.2, 0.25) is 0 Å². The zero-order valence-corrected chi connectivity index (χ0v) is 9.79. The number of carbonyl (C=O) groups is 1. The maximum Gasteiger partial charge on any atom is 0.274 e. The number of amides is 1. The summed E-state index contributed by atoms with van der Waals surface area (Å²) in [6, 6.07) is 10.3. The van der Waals surface area contributed by atoms with Crippen molar-refractivity contribution in [2.75, 3.05) is 7.11 Å². The molecule has 18 heavy (non-hydrogen) atoms. The first-order valence-electron chi connectivity index (χ1n) is 5.31. The summed E-state index contributed by atoms with van der Waals surface area (Å²) in [5.74, 6) is 0.981. The number of hydrogen-bond donors (Lipinski definition) is 1. The molecule has 0 aliphatic carbocycles. The third-order valence-corrected chi connectivity index (χ3v) is 2.18. The number of nitrogens with one attached hydrogen (secondary N) is 1. The van der Waals surface area contributed by atoms with Gasteiger partial charge in [-0.25, -0.2) is 5.48 Å². The maximum atomic E-state index is 11.4. The molecule has 5 nitrogen and oxygen atoms in total. The lowest BCUT2D eigenvalue weighted by Gasteiger charge is -2.06. The van der Waals surface area contributed by atoms with Gasteiger partial charge in [0.1, 0.15) is 11.5 Å². The summed E-state index contributed by atoms with van der Waals surface area (Å²) in [7, 11) is 1.39. The average Bonchev–Trinajstić information content (AvgIpc) is 2.41. The summed E-state index contributed by atoms with van der Waals surface area (Å²) in [5, 5.41) is 0. The molecule has 0 aliphatic heterocycles. The van der Waals surface area contributed by atoms with E-state index in [1.165, 1.54) is 7.11 Å². The highest BCUT2D eigenvalue weighted by molar-refractivity contribution is 5.93. The van der Waals surface area contributed by atoms with Gasteiger partial charge in [-0.05, 0) is 36.4 Å². The Balaban J connectivity index is 2.06. The summed E-state index contributed by atoms with van der Waals surface area (Å²) < 4.78 is 5.55. The van der Waals surface area contributed by atoms with Gasteiger partial charge in [-0.15, -0.1) is 0 Å². The number of hydrogen-bond acceptors (Lipinski definition) is 4. The maximum absolute atomic E-state index is 11.4. The van der Waals surface area contributed by atoms with Crippen LogP contribution in [-0.4, -0.2) is 18.0 Å². The molecular formula is C13H12N2O3. The predicted molar refractivity (Wildman–Crippen MR) is 65.2 cm³/mol. The van der Waals surface area contributed by atoms with Crippen LogP contribution in [0.25, 0.3) is 0 Å². The van der Waals surface area contributed by atoms with E-state index < -0.39 is 0 Å². The van der Waals surface area contributed by atoms with Gasteiger partial charge in [0.25, 0.3) is 5.91 Å². The number of hydroxylamine groups is 1. The van der Waals surface area contributed by atoms with Gasteiger partial charge >= 0.3 is 0 Å². The summed E-state index contributed by atoms with van der Waals surface area (Å²) >= 11 is 0. The minimum absolute atomic E-state index is 0.301. The van der Waals surface area contributed by atoms with E-state index in [1.807, 2.05) is 0 Å². The summed E-state index contributed by atoms with van der Waals surface area (Å²) in [4.78, 5) is 19.9. The molecule has 0 aliphatic rings. The second-order valence-corrected chi connectivity index (χ2v) is 3.45. The average molecular weight is 244 g/mol. The topological polar surface area (TPSA) is 60.5 Å². The molecule has 1 heterocycles. The quantitative estimate of drug-likeness (QED) is 0.837. The Labute approximate surface area is 104 Å². The molecule has 0 saturated heterocycles. The molecule has 5 heteroatoms. The van der Waals surface area contributed by atoms with Crippen LogP contribution < -0.4 is 10.2 Å². The van der Waals surface area contributed by atoms with E-state index in [2.05, 4.69) is 15.3 Å². The van der Waals surface area contributed by atoms with Crippen LogP contribution in [-0.2, 0) is 4.84 Å². The first-order chi connectivity index (χ1) is 8.79. The van der Waals surface area contributed by atoms with Crippen molar-refractivity contribution in [1.82, 2.24) is 10.5 Å². The Morgan fingerprint density at radius 2 is 1.94 bits per heavy atom. The van der Waals surface area contributed by atoms with Gasteiger partial charge in [-0.1, -0.05) is 0 Å². The van der Waals surface area contributed by atoms with Crippen molar-refractivity contribution in [3.05, 3.63) is 54.4 Å². The molecule has 2 aromatic rings. The Morgan fingerprint density at radius 3 is 2.56 bits per heavy atom. The first kappa shape index (κ1) is 12.1.